The minimum atomic E-state index is 0.481. The van der Waals surface area contributed by atoms with Gasteiger partial charge in [-0.15, -0.1) is 0 Å². The number of hydrogen-bond donors (Lipinski definition) is 2. The normalized spacial score (nSPS) is 16.7. The third-order valence-corrected chi connectivity index (χ3v) is 4.86. The molecule has 0 aromatic carbocycles. The third-order valence-electron chi connectivity index (χ3n) is 4.86. The van der Waals surface area contributed by atoms with Gasteiger partial charge in [0, 0.05) is 48.7 Å². The van der Waals surface area contributed by atoms with Crippen molar-refractivity contribution in [1.82, 2.24) is 19.7 Å². The molecular formula is C18H27N6+. The van der Waals surface area contributed by atoms with Gasteiger partial charge in [-0.1, -0.05) is 6.58 Å². The fraction of sp³-hybridized carbons (Fsp3) is 0.444. The van der Waals surface area contributed by atoms with Gasteiger partial charge in [-0.05, 0) is 32.8 Å². The van der Waals surface area contributed by atoms with Crippen molar-refractivity contribution in [1.29, 1.82) is 0 Å². The molecule has 3 heterocycles. The molecule has 1 aliphatic heterocycles. The van der Waals surface area contributed by atoms with E-state index in [9.17, 15) is 0 Å². The van der Waals surface area contributed by atoms with E-state index in [4.69, 9.17) is 5.84 Å². The predicted molar refractivity (Wildman–Crippen MR) is 96.3 cm³/mol. The molecule has 0 saturated carbocycles. The molecule has 0 spiro atoms. The first kappa shape index (κ1) is 16.8. The molecule has 1 aliphatic rings. The van der Waals surface area contributed by atoms with Crippen LogP contribution in [0.15, 0.2) is 31.2 Å². The minimum Gasteiger partial charge on any atom is -0.301 e. The smallest absolute Gasteiger partial charge is 0.175 e. The topological polar surface area (TPSA) is 76.6 Å². The van der Waals surface area contributed by atoms with Crippen molar-refractivity contribution < 1.29 is 5.43 Å². The predicted octanol–water partition coefficient (Wildman–Crippen LogP) is 1.70. The quantitative estimate of drug-likeness (QED) is 0.647. The number of aromatic nitrogens is 3. The van der Waals surface area contributed by atoms with Gasteiger partial charge in [0.05, 0.1) is 12.2 Å². The first-order valence-corrected chi connectivity index (χ1v) is 8.58. The standard InChI is InChI=1S/C18H26N6/c1-4-17-18(22-19)9-14(10-20-17)15-11-21-24(12-15)16-5-7-23(8-6-16)13(2)3/h4,9-13,16,22H,1,5-8,19H2,2-3H3/p+1. The minimum absolute atomic E-state index is 0.481. The van der Waals surface area contributed by atoms with Gasteiger partial charge in [-0.25, -0.2) is 10.4 Å². The van der Waals surface area contributed by atoms with Gasteiger partial charge < -0.3 is 4.90 Å². The number of quaternary nitrogens is 1. The number of pyridine rings is 1. The van der Waals surface area contributed by atoms with Crippen molar-refractivity contribution in [2.75, 3.05) is 13.1 Å². The molecule has 0 amide bonds. The molecule has 0 atom stereocenters. The van der Waals surface area contributed by atoms with Crippen LogP contribution in [-0.4, -0.2) is 38.8 Å². The summed E-state index contributed by atoms with van der Waals surface area (Å²) in [5.41, 5.74) is 5.37. The highest BCUT2D eigenvalue weighted by Crippen LogP contribution is 2.27. The third kappa shape index (κ3) is 3.40. The van der Waals surface area contributed by atoms with Gasteiger partial charge in [-0.3, -0.25) is 4.68 Å². The second-order valence-corrected chi connectivity index (χ2v) is 6.64. The SMILES string of the molecule is C=Cc1ncc(-c2cnn(C3CCN(C(C)C)CC3)c2)cc1[NH2+]N. The molecule has 3 rings (SSSR count). The second-order valence-electron chi connectivity index (χ2n) is 6.64. The molecule has 24 heavy (non-hydrogen) atoms. The number of nitrogens with zero attached hydrogens (tertiary/aromatic N) is 4. The lowest BCUT2D eigenvalue weighted by Gasteiger charge is -2.34. The summed E-state index contributed by atoms with van der Waals surface area (Å²) in [6.45, 7) is 10.6. The number of likely N-dealkylation sites (tertiary alicyclic amines) is 1. The zero-order valence-electron chi connectivity index (χ0n) is 14.5. The van der Waals surface area contributed by atoms with Crippen molar-refractivity contribution in [3.8, 4) is 11.1 Å². The summed E-state index contributed by atoms with van der Waals surface area (Å²) in [6.07, 6.45) is 9.91. The molecule has 0 unspecified atom stereocenters. The van der Waals surface area contributed by atoms with E-state index in [0.717, 1.165) is 48.4 Å². The number of nitrogens with two attached hydrogens (primary N) is 2. The fourth-order valence-corrected chi connectivity index (χ4v) is 3.31. The number of hydrogen-bond acceptors (Lipinski definition) is 4. The van der Waals surface area contributed by atoms with Gasteiger partial charge in [0.15, 0.2) is 5.69 Å². The molecule has 6 nitrogen and oxygen atoms in total. The van der Waals surface area contributed by atoms with Crippen molar-refractivity contribution >= 4 is 11.8 Å². The van der Waals surface area contributed by atoms with E-state index in [1.165, 1.54) is 0 Å². The summed E-state index contributed by atoms with van der Waals surface area (Å²) >= 11 is 0. The van der Waals surface area contributed by atoms with Crippen LogP contribution in [-0.2, 0) is 0 Å². The molecule has 0 aliphatic carbocycles. The molecule has 2 aromatic rings. The van der Waals surface area contributed by atoms with E-state index in [2.05, 4.69) is 46.3 Å². The van der Waals surface area contributed by atoms with Gasteiger partial charge in [0.2, 0.25) is 0 Å². The van der Waals surface area contributed by atoms with E-state index in [1.54, 1.807) is 11.5 Å². The monoisotopic (exact) mass is 327 g/mol. The van der Waals surface area contributed by atoms with E-state index in [1.807, 2.05) is 18.5 Å². The van der Waals surface area contributed by atoms with Crippen LogP contribution in [0.25, 0.3) is 17.2 Å². The Morgan fingerprint density at radius 2 is 2.04 bits per heavy atom. The van der Waals surface area contributed by atoms with Crippen molar-refractivity contribution in [3.63, 3.8) is 0 Å². The molecule has 1 fully saturated rings. The molecule has 1 saturated heterocycles. The Labute approximate surface area is 143 Å². The molecule has 0 radical (unpaired) electrons. The van der Waals surface area contributed by atoms with Crippen LogP contribution in [0, 0.1) is 0 Å². The molecule has 128 valence electrons. The Bertz CT molecular complexity index is 697. The van der Waals surface area contributed by atoms with Gasteiger partial charge in [0.1, 0.15) is 5.69 Å². The summed E-state index contributed by atoms with van der Waals surface area (Å²) < 4.78 is 2.11. The second kappa shape index (κ2) is 7.25. The Balaban J connectivity index is 1.75. The molecular weight excluding hydrogens is 300 g/mol. The lowest BCUT2D eigenvalue weighted by atomic mass is 10.0. The van der Waals surface area contributed by atoms with E-state index in [0.29, 0.717) is 12.1 Å². The zero-order chi connectivity index (χ0) is 17.1. The zero-order valence-corrected chi connectivity index (χ0v) is 14.5. The lowest BCUT2D eigenvalue weighted by molar-refractivity contribution is -0.584. The molecule has 6 heteroatoms. The number of piperidine rings is 1. The highest BCUT2D eigenvalue weighted by Gasteiger charge is 2.22. The van der Waals surface area contributed by atoms with Crippen molar-refractivity contribution in [2.45, 2.75) is 38.8 Å². The van der Waals surface area contributed by atoms with E-state index in [-0.39, 0.29) is 0 Å². The molecule has 2 aromatic heterocycles. The molecule has 4 N–H and O–H groups in total. The summed E-state index contributed by atoms with van der Waals surface area (Å²) in [5, 5.41) is 4.59. The van der Waals surface area contributed by atoms with Gasteiger partial charge in [0.25, 0.3) is 0 Å². The Kier molecular flexibility index (Phi) is 5.08. The first-order chi connectivity index (χ1) is 11.6. The number of rotatable bonds is 5. The highest BCUT2D eigenvalue weighted by atomic mass is 15.3. The van der Waals surface area contributed by atoms with Crippen LogP contribution in [0.2, 0.25) is 0 Å². The van der Waals surface area contributed by atoms with Crippen molar-refractivity contribution in [2.24, 2.45) is 5.84 Å². The summed E-state index contributed by atoms with van der Waals surface area (Å²) in [6, 6.07) is 3.14. The van der Waals surface area contributed by atoms with Gasteiger partial charge >= 0.3 is 0 Å². The van der Waals surface area contributed by atoms with Crippen LogP contribution in [0.5, 0.6) is 0 Å². The maximum atomic E-state index is 5.69. The summed E-state index contributed by atoms with van der Waals surface area (Å²) in [5.74, 6) is 5.69. The average Bonchev–Trinajstić information content (AvgIpc) is 3.11. The largest absolute Gasteiger partial charge is 0.301 e. The van der Waals surface area contributed by atoms with Crippen LogP contribution in [0.3, 0.4) is 0 Å². The first-order valence-electron chi connectivity index (χ1n) is 8.58. The Hall–Kier alpha value is -2.02. The highest BCUT2D eigenvalue weighted by molar-refractivity contribution is 5.67. The summed E-state index contributed by atoms with van der Waals surface area (Å²) in [4.78, 5) is 6.95. The Morgan fingerprint density at radius 3 is 2.67 bits per heavy atom. The maximum Gasteiger partial charge on any atom is 0.175 e. The Morgan fingerprint density at radius 1 is 1.29 bits per heavy atom. The molecule has 0 bridgehead atoms. The van der Waals surface area contributed by atoms with Crippen LogP contribution in [0.4, 0.5) is 5.69 Å². The average molecular weight is 327 g/mol. The fourth-order valence-electron chi connectivity index (χ4n) is 3.31. The van der Waals surface area contributed by atoms with E-state index >= 15 is 0 Å². The van der Waals surface area contributed by atoms with Crippen LogP contribution >= 0.6 is 0 Å². The van der Waals surface area contributed by atoms with Crippen LogP contribution in [0.1, 0.15) is 38.4 Å². The van der Waals surface area contributed by atoms with Crippen molar-refractivity contribution in [3.05, 3.63) is 36.9 Å². The summed E-state index contributed by atoms with van der Waals surface area (Å²) in [7, 11) is 0. The maximum absolute atomic E-state index is 5.69. The van der Waals surface area contributed by atoms with Crippen LogP contribution < -0.4 is 11.3 Å². The van der Waals surface area contributed by atoms with Gasteiger partial charge in [-0.2, -0.15) is 10.9 Å². The lowest BCUT2D eigenvalue weighted by Crippen LogP contribution is -2.85. The van der Waals surface area contributed by atoms with E-state index < -0.39 is 0 Å².